The highest BCUT2D eigenvalue weighted by molar-refractivity contribution is 5.76. The van der Waals surface area contributed by atoms with Gasteiger partial charge in [-0.25, -0.2) is 9.37 Å². The van der Waals surface area contributed by atoms with E-state index in [4.69, 9.17) is 5.73 Å². The molecule has 0 aliphatic carbocycles. The highest BCUT2D eigenvalue weighted by Crippen LogP contribution is 2.20. The number of fused-ring (bicyclic) bond motifs is 1. The number of rotatable bonds is 6. The summed E-state index contributed by atoms with van der Waals surface area (Å²) in [5.41, 5.74) is 6.86. The van der Waals surface area contributed by atoms with Crippen LogP contribution in [0.2, 0.25) is 0 Å². The third-order valence-electron chi connectivity index (χ3n) is 3.23. The van der Waals surface area contributed by atoms with Gasteiger partial charge in [-0.2, -0.15) is 0 Å². The Kier molecular flexibility index (Phi) is 4.31. The van der Waals surface area contributed by atoms with Crippen molar-refractivity contribution in [3.63, 3.8) is 0 Å². The zero-order valence-corrected chi connectivity index (χ0v) is 10.8. The van der Waals surface area contributed by atoms with E-state index in [1.165, 1.54) is 6.07 Å². The molecule has 0 saturated heterocycles. The van der Waals surface area contributed by atoms with Crippen molar-refractivity contribution < 1.29 is 4.39 Å². The monoisotopic (exact) mass is 249 g/mol. The lowest BCUT2D eigenvalue weighted by molar-refractivity contribution is 0.633. The lowest BCUT2D eigenvalue weighted by Gasteiger charge is -2.05. The van der Waals surface area contributed by atoms with Gasteiger partial charge in [0.2, 0.25) is 0 Å². The Morgan fingerprint density at radius 3 is 2.83 bits per heavy atom. The van der Waals surface area contributed by atoms with Crippen LogP contribution in [-0.2, 0) is 13.0 Å². The smallest absolute Gasteiger partial charge is 0.151 e. The molecule has 0 bridgehead atoms. The van der Waals surface area contributed by atoms with Gasteiger partial charge in [0.15, 0.2) is 5.82 Å². The lowest BCUT2D eigenvalue weighted by Crippen LogP contribution is -2.03. The van der Waals surface area contributed by atoms with Crippen molar-refractivity contribution in [1.82, 2.24) is 9.55 Å². The van der Waals surface area contributed by atoms with Gasteiger partial charge < -0.3 is 10.3 Å². The molecule has 1 aromatic heterocycles. The minimum atomic E-state index is -0.233. The maximum Gasteiger partial charge on any atom is 0.151 e. The molecular weight excluding hydrogens is 229 g/mol. The predicted octanol–water partition coefficient (Wildman–Crippen LogP) is 2.87. The van der Waals surface area contributed by atoms with E-state index in [0.29, 0.717) is 5.52 Å². The van der Waals surface area contributed by atoms with Gasteiger partial charge in [-0.1, -0.05) is 12.5 Å². The number of nitrogens with two attached hydrogens (primary N) is 1. The zero-order chi connectivity index (χ0) is 13.0. The predicted molar refractivity (Wildman–Crippen MR) is 72.0 cm³/mol. The number of hydrogen-bond acceptors (Lipinski definition) is 2. The first kappa shape index (κ1) is 13.0. The molecule has 0 atom stereocenters. The van der Waals surface area contributed by atoms with Crippen molar-refractivity contribution >= 4 is 11.0 Å². The Morgan fingerprint density at radius 1 is 1.28 bits per heavy atom. The summed E-state index contributed by atoms with van der Waals surface area (Å²) in [6, 6.07) is 5.13. The van der Waals surface area contributed by atoms with Crippen LogP contribution in [0.25, 0.3) is 11.0 Å². The molecule has 0 spiro atoms. The Morgan fingerprint density at radius 2 is 2.11 bits per heavy atom. The summed E-state index contributed by atoms with van der Waals surface area (Å²) in [6.07, 6.45) is 4.09. The first-order chi connectivity index (χ1) is 8.77. The minimum absolute atomic E-state index is 0.233. The molecule has 0 fully saturated rings. The molecule has 18 heavy (non-hydrogen) atoms. The van der Waals surface area contributed by atoms with Gasteiger partial charge in [-0.3, -0.25) is 0 Å². The second-order valence-electron chi connectivity index (χ2n) is 4.48. The van der Waals surface area contributed by atoms with E-state index in [1.807, 2.05) is 6.07 Å². The van der Waals surface area contributed by atoms with Crippen molar-refractivity contribution in [2.24, 2.45) is 5.73 Å². The number of halogens is 1. The molecule has 2 N–H and O–H groups in total. The third-order valence-corrected chi connectivity index (χ3v) is 3.23. The number of nitrogens with zero attached hydrogens (tertiary/aromatic N) is 2. The topological polar surface area (TPSA) is 43.8 Å². The Labute approximate surface area is 107 Å². The molecule has 3 nitrogen and oxygen atoms in total. The largest absolute Gasteiger partial charge is 0.330 e. The van der Waals surface area contributed by atoms with Crippen molar-refractivity contribution in [3.05, 3.63) is 29.8 Å². The van der Waals surface area contributed by atoms with Crippen LogP contribution in [0.3, 0.4) is 0 Å². The molecular formula is C14H20FN3. The van der Waals surface area contributed by atoms with E-state index in [9.17, 15) is 4.39 Å². The fourth-order valence-electron chi connectivity index (χ4n) is 2.31. The number of para-hydroxylation sites is 1. The average molecular weight is 249 g/mol. The molecule has 4 heteroatoms. The van der Waals surface area contributed by atoms with Crippen molar-refractivity contribution in [3.8, 4) is 0 Å². The Balaban J connectivity index is 2.24. The number of aryl methyl sites for hydroxylation is 2. The van der Waals surface area contributed by atoms with Crippen molar-refractivity contribution in [1.29, 1.82) is 0 Å². The summed E-state index contributed by atoms with van der Waals surface area (Å²) in [6.45, 7) is 3.63. The summed E-state index contributed by atoms with van der Waals surface area (Å²) < 4.78 is 15.8. The van der Waals surface area contributed by atoms with E-state index in [0.717, 1.165) is 50.1 Å². The second kappa shape index (κ2) is 5.96. The molecule has 0 radical (unpaired) electrons. The van der Waals surface area contributed by atoms with Crippen molar-refractivity contribution in [2.45, 2.75) is 39.2 Å². The van der Waals surface area contributed by atoms with Gasteiger partial charge >= 0.3 is 0 Å². The molecule has 2 rings (SSSR count). The van der Waals surface area contributed by atoms with Crippen LogP contribution in [-0.4, -0.2) is 16.1 Å². The van der Waals surface area contributed by atoms with E-state index in [2.05, 4.69) is 16.5 Å². The summed E-state index contributed by atoms with van der Waals surface area (Å²) in [4.78, 5) is 4.44. The second-order valence-corrected chi connectivity index (χ2v) is 4.48. The van der Waals surface area contributed by atoms with Crippen LogP contribution < -0.4 is 5.73 Å². The quantitative estimate of drug-likeness (QED) is 0.800. The average Bonchev–Trinajstić information content (AvgIpc) is 2.74. The van der Waals surface area contributed by atoms with Crippen LogP contribution in [0.15, 0.2) is 18.2 Å². The fourth-order valence-corrected chi connectivity index (χ4v) is 2.31. The van der Waals surface area contributed by atoms with Gasteiger partial charge in [0.1, 0.15) is 11.3 Å². The van der Waals surface area contributed by atoms with Gasteiger partial charge in [-0.15, -0.1) is 0 Å². The summed E-state index contributed by atoms with van der Waals surface area (Å²) in [5.74, 6) is 0.748. The van der Waals surface area contributed by atoms with Gasteiger partial charge in [0, 0.05) is 13.0 Å². The molecule has 0 amide bonds. The van der Waals surface area contributed by atoms with Gasteiger partial charge in [0.05, 0.1) is 5.52 Å². The maximum absolute atomic E-state index is 13.7. The summed E-state index contributed by atoms with van der Waals surface area (Å²) >= 11 is 0. The molecule has 1 aromatic carbocycles. The molecule has 1 heterocycles. The first-order valence-corrected chi connectivity index (χ1v) is 6.61. The molecule has 0 aliphatic heterocycles. The minimum Gasteiger partial charge on any atom is -0.330 e. The first-order valence-electron chi connectivity index (χ1n) is 6.61. The van der Waals surface area contributed by atoms with Gasteiger partial charge in [0.25, 0.3) is 0 Å². The number of imidazole rings is 1. The van der Waals surface area contributed by atoms with Gasteiger partial charge in [-0.05, 0) is 38.4 Å². The SMILES string of the molecule is CCn1c(CCCCCN)nc2c(F)cccc21. The van der Waals surface area contributed by atoms with Crippen molar-refractivity contribution in [2.75, 3.05) is 6.54 Å². The number of benzene rings is 1. The van der Waals surface area contributed by atoms with E-state index in [-0.39, 0.29) is 5.82 Å². The zero-order valence-electron chi connectivity index (χ0n) is 10.8. The molecule has 98 valence electrons. The van der Waals surface area contributed by atoms with Crippen LogP contribution in [0.4, 0.5) is 4.39 Å². The van der Waals surface area contributed by atoms with E-state index < -0.39 is 0 Å². The standard InChI is InChI=1S/C14H20FN3/c1-2-18-12-8-6-7-11(15)14(12)17-13(18)9-4-3-5-10-16/h6-8H,2-5,9-10,16H2,1H3. The molecule has 2 aromatic rings. The fraction of sp³-hybridized carbons (Fsp3) is 0.500. The molecule has 0 unspecified atom stereocenters. The van der Waals surface area contributed by atoms with Crippen LogP contribution in [0, 0.1) is 5.82 Å². The third kappa shape index (κ3) is 2.53. The highest BCUT2D eigenvalue weighted by atomic mass is 19.1. The Hall–Kier alpha value is -1.42. The normalized spacial score (nSPS) is 11.3. The van der Waals surface area contributed by atoms with E-state index >= 15 is 0 Å². The highest BCUT2D eigenvalue weighted by Gasteiger charge is 2.11. The lowest BCUT2D eigenvalue weighted by atomic mass is 10.2. The number of hydrogen-bond donors (Lipinski definition) is 1. The molecule has 0 aliphatic rings. The Bertz CT molecular complexity index is 519. The van der Waals surface area contributed by atoms with Crippen LogP contribution in [0.5, 0.6) is 0 Å². The maximum atomic E-state index is 13.7. The number of aromatic nitrogens is 2. The molecule has 0 saturated carbocycles. The van der Waals surface area contributed by atoms with E-state index in [1.54, 1.807) is 6.07 Å². The summed E-state index contributed by atoms with van der Waals surface area (Å²) in [7, 11) is 0. The van der Waals surface area contributed by atoms with Crippen LogP contribution in [0.1, 0.15) is 32.0 Å². The summed E-state index contributed by atoms with van der Waals surface area (Å²) in [5, 5.41) is 0. The van der Waals surface area contributed by atoms with Crippen LogP contribution >= 0.6 is 0 Å². The number of unbranched alkanes of at least 4 members (excludes halogenated alkanes) is 2.